The van der Waals surface area contributed by atoms with Crippen molar-refractivity contribution in [2.45, 2.75) is 37.6 Å². The van der Waals surface area contributed by atoms with Crippen LogP contribution in [-0.4, -0.2) is 42.7 Å². The molecule has 1 N–H and O–H groups in total. The third-order valence-electron chi connectivity index (χ3n) is 4.48. The molecule has 2 aromatic carbocycles. The lowest BCUT2D eigenvalue weighted by Crippen LogP contribution is -2.39. The average molecular weight is 369 g/mol. The third-order valence-corrected chi connectivity index (χ3v) is 4.48. The number of hydrogen-bond acceptors (Lipinski definition) is 5. The maximum absolute atomic E-state index is 9.72. The van der Waals surface area contributed by atoms with Crippen LogP contribution in [0.1, 0.15) is 11.1 Å². The molecule has 7 heteroatoms. The Morgan fingerprint density at radius 1 is 0.889 bits per heavy atom. The summed E-state index contributed by atoms with van der Waals surface area (Å²) in [6.45, 7) is 0.685. The Kier molecular flexibility index (Phi) is 7.21. The molecular weight excluding hydrogens is 346 g/mol. The quantitative estimate of drug-likeness (QED) is 0.417. The molecule has 2 aromatic rings. The van der Waals surface area contributed by atoms with E-state index in [0.717, 1.165) is 11.1 Å². The first-order valence-electron chi connectivity index (χ1n) is 8.90. The molecule has 7 nitrogen and oxygen atoms in total. The molecular formula is C20H23N3O4. The van der Waals surface area contributed by atoms with Gasteiger partial charge in [-0.15, -0.1) is 0 Å². The summed E-state index contributed by atoms with van der Waals surface area (Å²) >= 11 is 0. The van der Waals surface area contributed by atoms with Gasteiger partial charge < -0.3 is 19.3 Å². The van der Waals surface area contributed by atoms with Gasteiger partial charge in [0.2, 0.25) is 0 Å². The molecule has 0 saturated carbocycles. The van der Waals surface area contributed by atoms with Crippen molar-refractivity contribution < 1.29 is 19.3 Å². The summed E-state index contributed by atoms with van der Waals surface area (Å²) in [5.74, 6) is 0. The van der Waals surface area contributed by atoms with Crippen molar-refractivity contribution in [3.05, 3.63) is 82.2 Å². The molecule has 1 saturated heterocycles. The van der Waals surface area contributed by atoms with Crippen molar-refractivity contribution in [1.29, 1.82) is 0 Å². The van der Waals surface area contributed by atoms with Crippen LogP contribution in [0, 0.1) is 0 Å². The van der Waals surface area contributed by atoms with Crippen LogP contribution >= 0.6 is 0 Å². The van der Waals surface area contributed by atoms with E-state index in [-0.39, 0.29) is 13.2 Å². The molecule has 0 radical (unpaired) electrons. The Bertz CT molecular complexity index is 737. The van der Waals surface area contributed by atoms with Gasteiger partial charge in [0.15, 0.2) is 0 Å². The fourth-order valence-corrected chi connectivity index (χ4v) is 3.15. The molecule has 0 spiro atoms. The molecule has 0 amide bonds. The van der Waals surface area contributed by atoms with Crippen molar-refractivity contribution in [2.24, 2.45) is 5.11 Å². The Balaban J connectivity index is 1.71. The zero-order chi connectivity index (χ0) is 18.9. The fourth-order valence-electron chi connectivity index (χ4n) is 3.15. The number of ether oxygens (including phenoxy) is 3. The highest BCUT2D eigenvalue weighted by atomic mass is 16.6. The van der Waals surface area contributed by atoms with Crippen LogP contribution in [0.4, 0.5) is 0 Å². The summed E-state index contributed by atoms with van der Waals surface area (Å²) in [6.07, 6.45) is -1.91. The molecule has 142 valence electrons. The van der Waals surface area contributed by atoms with Gasteiger partial charge in [0.1, 0.15) is 18.3 Å². The second kappa shape index (κ2) is 10.1. The average Bonchev–Trinajstić information content (AvgIpc) is 3.07. The van der Waals surface area contributed by atoms with Crippen LogP contribution in [-0.2, 0) is 27.4 Å². The van der Waals surface area contributed by atoms with E-state index in [1.165, 1.54) is 0 Å². The van der Waals surface area contributed by atoms with E-state index in [1.54, 1.807) is 0 Å². The third kappa shape index (κ3) is 5.29. The van der Waals surface area contributed by atoms with E-state index >= 15 is 0 Å². The lowest BCUT2D eigenvalue weighted by molar-refractivity contribution is -0.0830. The molecule has 27 heavy (non-hydrogen) atoms. The zero-order valence-electron chi connectivity index (χ0n) is 14.9. The van der Waals surface area contributed by atoms with Crippen molar-refractivity contribution in [3.63, 3.8) is 0 Å². The maximum atomic E-state index is 9.72. The first-order valence-corrected chi connectivity index (χ1v) is 8.90. The lowest BCUT2D eigenvalue weighted by atomic mass is 10.1. The number of rotatable bonds is 9. The number of aliphatic hydroxyl groups excluding tert-OH is 1. The summed E-state index contributed by atoms with van der Waals surface area (Å²) in [5, 5.41) is 13.3. The summed E-state index contributed by atoms with van der Waals surface area (Å²) in [5.41, 5.74) is 10.7. The minimum absolute atomic E-state index is 0.123. The fraction of sp³-hybridized carbons (Fsp3) is 0.400. The van der Waals surface area contributed by atoms with Gasteiger partial charge in [-0.1, -0.05) is 65.8 Å². The molecule has 0 unspecified atom stereocenters. The Hall–Kier alpha value is -2.41. The smallest absolute Gasteiger partial charge is 0.115 e. The first-order chi connectivity index (χ1) is 13.3. The summed E-state index contributed by atoms with van der Waals surface area (Å²) in [4.78, 5) is 2.81. The molecule has 0 bridgehead atoms. The van der Waals surface area contributed by atoms with Crippen molar-refractivity contribution in [1.82, 2.24) is 0 Å². The predicted molar refractivity (Wildman–Crippen MR) is 99.8 cm³/mol. The highest BCUT2D eigenvalue weighted by Gasteiger charge is 2.45. The van der Waals surface area contributed by atoms with Crippen LogP contribution in [0.3, 0.4) is 0 Å². The standard InChI is InChI=1S/C20H23N3O4/c21-23-22-11-17-19(25-13-15-7-3-1-4-8-15)20(18(12-24)27-17)26-14-16-9-5-2-6-10-16/h1-10,17-20,24H,11-14H2/t17-,18+,19-,20-/m1/s1. The number of benzene rings is 2. The first kappa shape index (κ1) is 19.4. The van der Waals surface area contributed by atoms with Crippen molar-refractivity contribution in [2.75, 3.05) is 13.2 Å². The predicted octanol–water partition coefficient (Wildman–Crippen LogP) is 3.23. The van der Waals surface area contributed by atoms with Crippen LogP contribution in [0.15, 0.2) is 65.8 Å². The van der Waals surface area contributed by atoms with E-state index in [2.05, 4.69) is 10.0 Å². The number of aliphatic hydroxyl groups is 1. The zero-order valence-corrected chi connectivity index (χ0v) is 14.9. The number of azide groups is 1. The van der Waals surface area contributed by atoms with E-state index in [1.807, 2.05) is 60.7 Å². The van der Waals surface area contributed by atoms with Crippen molar-refractivity contribution in [3.8, 4) is 0 Å². The Labute approximate surface area is 158 Å². The van der Waals surface area contributed by atoms with Crippen LogP contribution in [0.25, 0.3) is 10.4 Å². The normalized spacial score (nSPS) is 24.5. The Morgan fingerprint density at radius 2 is 1.41 bits per heavy atom. The molecule has 1 aliphatic heterocycles. The van der Waals surface area contributed by atoms with E-state index in [0.29, 0.717) is 13.2 Å². The SMILES string of the molecule is [N-]=[N+]=NC[C@H]1O[C@@H](CO)[C@@H](OCc2ccccc2)[C@@H]1OCc1ccccc1. The van der Waals surface area contributed by atoms with Gasteiger partial charge in [-0.2, -0.15) is 0 Å². The van der Waals surface area contributed by atoms with Gasteiger partial charge in [0.05, 0.1) is 32.5 Å². The summed E-state index contributed by atoms with van der Waals surface area (Å²) in [6, 6.07) is 19.6. The van der Waals surface area contributed by atoms with Gasteiger partial charge >= 0.3 is 0 Å². The number of hydrogen-bond donors (Lipinski definition) is 1. The molecule has 3 rings (SSSR count). The highest BCUT2D eigenvalue weighted by molar-refractivity contribution is 5.14. The minimum Gasteiger partial charge on any atom is -0.394 e. The lowest BCUT2D eigenvalue weighted by Gasteiger charge is -2.24. The minimum atomic E-state index is -0.534. The van der Waals surface area contributed by atoms with Gasteiger partial charge in [0, 0.05) is 4.91 Å². The molecule has 0 aromatic heterocycles. The molecule has 1 heterocycles. The maximum Gasteiger partial charge on any atom is 0.115 e. The largest absolute Gasteiger partial charge is 0.394 e. The van der Waals surface area contributed by atoms with Crippen LogP contribution in [0.5, 0.6) is 0 Å². The van der Waals surface area contributed by atoms with E-state index in [9.17, 15) is 5.11 Å². The van der Waals surface area contributed by atoms with Gasteiger partial charge in [-0.05, 0) is 16.7 Å². The highest BCUT2D eigenvalue weighted by Crippen LogP contribution is 2.28. The molecule has 0 aliphatic carbocycles. The van der Waals surface area contributed by atoms with Crippen LogP contribution < -0.4 is 0 Å². The van der Waals surface area contributed by atoms with E-state index in [4.69, 9.17) is 19.7 Å². The molecule has 4 atom stereocenters. The molecule has 1 fully saturated rings. The number of nitrogens with zero attached hydrogens (tertiary/aromatic N) is 3. The van der Waals surface area contributed by atoms with Crippen molar-refractivity contribution >= 4 is 0 Å². The topological polar surface area (TPSA) is 96.7 Å². The van der Waals surface area contributed by atoms with Crippen LogP contribution in [0.2, 0.25) is 0 Å². The monoisotopic (exact) mass is 369 g/mol. The van der Waals surface area contributed by atoms with Gasteiger partial charge in [0.25, 0.3) is 0 Å². The second-order valence-electron chi connectivity index (χ2n) is 6.33. The molecule has 1 aliphatic rings. The van der Waals surface area contributed by atoms with E-state index < -0.39 is 24.4 Å². The second-order valence-corrected chi connectivity index (χ2v) is 6.33. The van der Waals surface area contributed by atoms with Gasteiger partial charge in [-0.3, -0.25) is 0 Å². The van der Waals surface area contributed by atoms with Gasteiger partial charge in [-0.25, -0.2) is 0 Å². The summed E-state index contributed by atoms with van der Waals surface area (Å²) in [7, 11) is 0. The summed E-state index contributed by atoms with van der Waals surface area (Å²) < 4.78 is 18.0. The Morgan fingerprint density at radius 3 is 1.89 bits per heavy atom.